The lowest BCUT2D eigenvalue weighted by atomic mass is 9.93. The van der Waals surface area contributed by atoms with Crippen molar-refractivity contribution in [2.24, 2.45) is 0 Å². The smallest absolute Gasteiger partial charge is 0.262 e. The van der Waals surface area contributed by atoms with E-state index < -0.39 is 17.3 Å². The topological polar surface area (TPSA) is 76.7 Å². The van der Waals surface area contributed by atoms with E-state index in [1.54, 1.807) is 13.0 Å². The number of anilines is 1. The summed E-state index contributed by atoms with van der Waals surface area (Å²) in [5, 5.41) is 6.28. The quantitative estimate of drug-likeness (QED) is 0.595. The Bertz CT molecular complexity index is 1170. The minimum Gasteiger partial charge on any atom is -0.454 e. The molecule has 2 heterocycles. The minimum absolute atomic E-state index is 0.185. The van der Waals surface area contributed by atoms with Gasteiger partial charge in [0.1, 0.15) is 5.82 Å². The number of nitrogens with one attached hydrogen (secondary N) is 2. The third-order valence-corrected chi connectivity index (χ3v) is 6.12. The molecule has 0 saturated heterocycles. The van der Waals surface area contributed by atoms with Crippen LogP contribution in [0.1, 0.15) is 45.0 Å². The summed E-state index contributed by atoms with van der Waals surface area (Å²) in [6.45, 7) is 5.79. The number of fused-ring (bicyclic) bond motifs is 1. The van der Waals surface area contributed by atoms with Crippen LogP contribution in [0.2, 0.25) is 0 Å². The van der Waals surface area contributed by atoms with Gasteiger partial charge in [-0.05, 0) is 68.3 Å². The summed E-state index contributed by atoms with van der Waals surface area (Å²) in [5.74, 6) is 0.152. The minimum atomic E-state index is -0.667. The van der Waals surface area contributed by atoms with Gasteiger partial charge in [-0.15, -0.1) is 11.3 Å². The molecule has 0 unspecified atom stereocenters. The average Bonchev–Trinajstić information content (AvgIpc) is 3.33. The van der Waals surface area contributed by atoms with E-state index in [9.17, 15) is 14.0 Å². The maximum Gasteiger partial charge on any atom is 0.262 e. The third kappa shape index (κ3) is 4.39. The molecule has 6 nitrogen and oxygen atoms in total. The molecule has 3 aromatic rings. The lowest BCUT2D eigenvalue weighted by Gasteiger charge is -2.27. The lowest BCUT2D eigenvalue weighted by Crippen LogP contribution is -2.40. The number of carbonyl (C=O) groups is 2. The molecule has 8 heteroatoms. The summed E-state index contributed by atoms with van der Waals surface area (Å²) in [6, 6.07) is 12.7. The highest BCUT2D eigenvalue weighted by Gasteiger charge is 2.27. The van der Waals surface area contributed by atoms with Crippen LogP contribution in [0.5, 0.6) is 11.5 Å². The maximum absolute atomic E-state index is 13.4. The molecule has 0 radical (unpaired) electrons. The second kappa shape index (κ2) is 8.03. The second-order valence-corrected chi connectivity index (χ2v) is 8.79. The highest BCUT2D eigenvalue weighted by molar-refractivity contribution is 7.18. The molecule has 1 aliphatic rings. The zero-order valence-corrected chi connectivity index (χ0v) is 18.1. The number of halogens is 1. The molecule has 0 atom stereocenters. The van der Waals surface area contributed by atoms with Gasteiger partial charge in [0, 0.05) is 5.56 Å². The number of thiophene rings is 1. The highest BCUT2D eigenvalue weighted by Crippen LogP contribution is 2.36. The summed E-state index contributed by atoms with van der Waals surface area (Å²) in [4.78, 5) is 25.8. The van der Waals surface area contributed by atoms with E-state index in [0.29, 0.717) is 21.4 Å². The van der Waals surface area contributed by atoms with E-state index >= 15 is 0 Å². The first-order valence-corrected chi connectivity index (χ1v) is 10.4. The van der Waals surface area contributed by atoms with E-state index in [1.165, 1.54) is 29.5 Å². The third-order valence-electron chi connectivity index (χ3n) is 4.97. The number of amides is 2. The van der Waals surface area contributed by atoms with Gasteiger partial charge < -0.3 is 20.1 Å². The Kier molecular flexibility index (Phi) is 5.41. The van der Waals surface area contributed by atoms with Crippen LogP contribution in [0.25, 0.3) is 0 Å². The van der Waals surface area contributed by atoms with Gasteiger partial charge in [0.25, 0.3) is 11.8 Å². The summed E-state index contributed by atoms with van der Waals surface area (Å²) < 4.78 is 24.1. The fraction of sp³-hybridized carbons (Fsp3) is 0.217. The normalized spacial score (nSPS) is 12.5. The summed E-state index contributed by atoms with van der Waals surface area (Å²) >= 11 is 1.17. The van der Waals surface area contributed by atoms with Crippen LogP contribution in [-0.2, 0) is 5.54 Å². The molecule has 0 saturated carbocycles. The van der Waals surface area contributed by atoms with Gasteiger partial charge in [-0.2, -0.15) is 0 Å². The molecule has 0 aliphatic carbocycles. The van der Waals surface area contributed by atoms with Crippen molar-refractivity contribution in [3.05, 3.63) is 75.9 Å². The van der Waals surface area contributed by atoms with Crippen molar-refractivity contribution in [2.45, 2.75) is 26.3 Å². The van der Waals surface area contributed by atoms with Crippen molar-refractivity contribution in [1.82, 2.24) is 5.32 Å². The zero-order chi connectivity index (χ0) is 22.2. The number of hydrogen-bond acceptors (Lipinski definition) is 5. The van der Waals surface area contributed by atoms with E-state index in [1.807, 2.05) is 32.0 Å². The fourth-order valence-electron chi connectivity index (χ4n) is 3.28. The van der Waals surface area contributed by atoms with E-state index in [4.69, 9.17) is 9.47 Å². The Balaban J connectivity index is 1.49. The number of benzene rings is 2. The Morgan fingerprint density at radius 3 is 2.58 bits per heavy atom. The molecule has 2 N–H and O–H groups in total. The summed E-state index contributed by atoms with van der Waals surface area (Å²) in [6.07, 6.45) is 0. The Labute approximate surface area is 183 Å². The molecular weight excluding hydrogens is 419 g/mol. The number of rotatable bonds is 5. The fourth-order valence-corrected chi connectivity index (χ4v) is 4.24. The van der Waals surface area contributed by atoms with Crippen LogP contribution in [0.15, 0.2) is 48.5 Å². The molecule has 1 aromatic heterocycles. The summed E-state index contributed by atoms with van der Waals surface area (Å²) in [5.41, 5.74) is 1.15. The lowest BCUT2D eigenvalue weighted by molar-refractivity contribution is 0.0914. The van der Waals surface area contributed by atoms with Gasteiger partial charge in [-0.1, -0.05) is 12.1 Å². The number of hydrogen-bond donors (Lipinski definition) is 2. The van der Waals surface area contributed by atoms with E-state index in [0.717, 1.165) is 17.2 Å². The van der Waals surface area contributed by atoms with Crippen molar-refractivity contribution < 1.29 is 23.5 Å². The Morgan fingerprint density at radius 2 is 1.81 bits per heavy atom. The Hall–Kier alpha value is -3.39. The maximum atomic E-state index is 13.4. The zero-order valence-electron chi connectivity index (χ0n) is 17.2. The monoisotopic (exact) mass is 440 g/mol. The molecule has 31 heavy (non-hydrogen) atoms. The van der Waals surface area contributed by atoms with E-state index in [-0.39, 0.29) is 18.3 Å². The Morgan fingerprint density at radius 1 is 1.03 bits per heavy atom. The standard InChI is InChI=1S/C23H21FN2O4S/c1-13-9-19(25-21(27)14-5-4-6-16(24)10-14)31-20(13)22(28)26-23(2,3)15-7-8-17-18(11-15)30-12-29-17/h4-11H,12H2,1-3H3,(H,25,27)(H,26,28). The van der Waals surface area contributed by atoms with Crippen LogP contribution in [-0.4, -0.2) is 18.6 Å². The molecule has 1 aliphatic heterocycles. The number of ether oxygens (including phenoxy) is 2. The van der Waals surface area contributed by atoms with Gasteiger partial charge in [0.05, 0.1) is 15.4 Å². The first-order valence-electron chi connectivity index (χ1n) is 9.63. The molecule has 0 spiro atoms. The second-order valence-electron chi connectivity index (χ2n) is 7.73. The van der Waals surface area contributed by atoms with Gasteiger partial charge >= 0.3 is 0 Å². The predicted molar refractivity (Wildman–Crippen MR) is 116 cm³/mol. The summed E-state index contributed by atoms with van der Waals surface area (Å²) in [7, 11) is 0. The largest absolute Gasteiger partial charge is 0.454 e. The molecule has 4 rings (SSSR count). The van der Waals surface area contributed by atoms with Crippen molar-refractivity contribution in [3.8, 4) is 11.5 Å². The number of carbonyl (C=O) groups excluding carboxylic acids is 2. The van der Waals surface area contributed by atoms with Crippen molar-refractivity contribution in [3.63, 3.8) is 0 Å². The van der Waals surface area contributed by atoms with Crippen molar-refractivity contribution in [2.75, 3.05) is 12.1 Å². The van der Waals surface area contributed by atoms with Crippen molar-refractivity contribution in [1.29, 1.82) is 0 Å². The van der Waals surface area contributed by atoms with Crippen molar-refractivity contribution >= 4 is 28.2 Å². The predicted octanol–water partition coefficient (Wildman–Crippen LogP) is 4.84. The van der Waals surface area contributed by atoms with Crippen LogP contribution in [0.4, 0.5) is 9.39 Å². The average molecular weight is 440 g/mol. The first-order chi connectivity index (χ1) is 14.7. The molecule has 2 aromatic carbocycles. The van der Waals surface area contributed by atoms with Crippen LogP contribution in [0, 0.1) is 12.7 Å². The highest BCUT2D eigenvalue weighted by atomic mass is 32.1. The molecule has 160 valence electrons. The van der Waals surface area contributed by atoms with Crippen LogP contribution in [0.3, 0.4) is 0 Å². The van der Waals surface area contributed by atoms with Crippen LogP contribution < -0.4 is 20.1 Å². The molecular formula is C23H21FN2O4S. The molecule has 0 bridgehead atoms. The van der Waals surface area contributed by atoms with Gasteiger partial charge in [0.15, 0.2) is 11.5 Å². The first kappa shape index (κ1) is 20.9. The van der Waals surface area contributed by atoms with Crippen LogP contribution >= 0.6 is 11.3 Å². The van der Waals surface area contributed by atoms with Gasteiger partial charge in [-0.25, -0.2) is 4.39 Å². The SMILES string of the molecule is Cc1cc(NC(=O)c2cccc(F)c2)sc1C(=O)NC(C)(C)c1ccc2c(c1)OCO2. The van der Waals surface area contributed by atoms with Gasteiger partial charge in [-0.3, -0.25) is 9.59 Å². The van der Waals surface area contributed by atoms with E-state index in [2.05, 4.69) is 10.6 Å². The number of aryl methyl sites for hydroxylation is 1. The molecule has 2 amide bonds. The molecule has 0 fully saturated rings. The van der Waals surface area contributed by atoms with Gasteiger partial charge in [0.2, 0.25) is 6.79 Å².